The number of methoxy groups -OCH3 is 1. The Hall–Kier alpha value is -1.52. The number of ether oxygens (including phenoxy) is 1. The zero-order valence-corrected chi connectivity index (χ0v) is 17.2. The number of aromatic nitrogens is 1. The molecule has 0 spiro atoms. The fourth-order valence-electron chi connectivity index (χ4n) is 6.54. The summed E-state index contributed by atoms with van der Waals surface area (Å²) in [6, 6.07) is 4.64. The number of hydrogen-bond acceptors (Lipinski definition) is 3. The molecule has 2 unspecified atom stereocenters. The highest BCUT2D eigenvalue weighted by molar-refractivity contribution is 5.91. The van der Waals surface area contributed by atoms with Gasteiger partial charge < -0.3 is 14.4 Å². The van der Waals surface area contributed by atoms with Gasteiger partial charge in [0.1, 0.15) is 5.75 Å². The van der Waals surface area contributed by atoms with Gasteiger partial charge in [-0.1, -0.05) is 0 Å². The molecule has 4 heteroatoms. The minimum Gasteiger partial charge on any atom is -0.496 e. The first-order valence-electron chi connectivity index (χ1n) is 11.3. The molecule has 0 radical (unpaired) electrons. The number of likely N-dealkylation sites (tertiary alicyclic amines) is 1. The van der Waals surface area contributed by atoms with Crippen molar-refractivity contribution in [1.82, 2.24) is 9.47 Å². The second-order valence-corrected chi connectivity index (χ2v) is 9.79. The van der Waals surface area contributed by atoms with Crippen molar-refractivity contribution in [2.45, 2.75) is 70.1 Å². The Morgan fingerprint density at radius 3 is 2.82 bits per heavy atom. The molecule has 1 aromatic heterocycles. The Morgan fingerprint density at radius 2 is 2.04 bits per heavy atom. The van der Waals surface area contributed by atoms with Gasteiger partial charge in [0, 0.05) is 42.2 Å². The maximum atomic E-state index is 12.0. The van der Waals surface area contributed by atoms with Crippen molar-refractivity contribution in [3.8, 4) is 5.75 Å². The lowest BCUT2D eigenvalue weighted by Gasteiger charge is -2.52. The predicted molar refractivity (Wildman–Crippen MR) is 111 cm³/mol. The molecule has 1 saturated carbocycles. The molecule has 6 rings (SSSR count). The summed E-state index contributed by atoms with van der Waals surface area (Å²) in [5, 5.41) is 13.3. The first kappa shape index (κ1) is 17.3. The SMILES string of the molecule is COc1ccc2c3c(n4c2c1CCC4)CC1CCN(CC2CC2)[C@H](C)C1(O)C3. The van der Waals surface area contributed by atoms with E-state index in [1.807, 2.05) is 0 Å². The van der Waals surface area contributed by atoms with Crippen molar-refractivity contribution in [3.05, 3.63) is 29.0 Å². The summed E-state index contributed by atoms with van der Waals surface area (Å²) in [5.74, 6) is 2.30. The third-order valence-corrected chi connectivity index (χ3v) is 8.37. The molecular formula is C24H32N2O2. The number of fused-ring (bicyclic) bond motifs is 4. The van der Waals surface area contributed by atoms with Gasteiger partial charge in [-0.3, -0.25) is 4.90 Å². The van der Waals surface area contributed by atoms with Gasteiger partial charge in [-0.2, -0.15) is 0 Å². The zero-order valence-electron chi connectivity index (χ0n) is 17.2. The molecule has 3 atom stereocenters. The van der Waals surface area contributed by atoms with Crippen LogP contribution in [0.15, 0.2) is 12.1 Å². The summed E-state index contributed by atoms with van der Waals surface area (Å²) in [7, 11) is 1.78. The van der Waals surface area contributed by atoms with Crippen LogP contribution in [-0.2, 0) is 25.8 Å². The summed E-state index contributed by atoms with van der Waals surface area (Å²) in [6.45, 7) is 5.73. The van der Waals surface area contributed by atoms with Crippen LogP contribution in [0.1, 0.15) is 49.4 Å². The van der Waals surface area contributed by atoms with E-state index in [0.29, 0.717) is 5.92 Å². The highest BCUT2D eigenvalue weighted by atomic mass is 16.5. The molecule has 0 amide bonds. The number of hydrogen-bond donors (Lipinski definition) is 1. The van der Waals surface area contributed by atoms with E-state index in [0.717, 1.165) is 50.4 Å². The van der Waals surface area contributed by atoms with E-state index in [9.17, 15) is 5.11 Å². The minimum atomic E-state index is -0.590. The molecule has 4 nitrogen and oxygen atoms in total. The molecular weight excluding hydrogens is 348 g/mol. The van der Waals surface area contributed by atoms with Crippen molar-refractivity contribution in [1.29, 1.82) is 0 Å². The normalized spacial score (nSPS) is 32.2. The van der Waals surface area contributed by atoms with E-state index in [4.69, 9.17) is 4.74 Å². The standard InChI is InChI=1S/C24H32N2O2/c1-15-24(27)13-20-18-7-8-22(28-2)19-4-3-10-26(23(18)19)21(20)12-17(24)9-11-25(15)14-16-5-6-16/h7-8,15-17,27H,3-6,9-14H2,1-2H3/t15-,17?,24?/m1/s1. The summed E-state index contributed by atoms with van der Waals surface area (Å²) in [5.41, 5.74) is 5.09. The van der Waals surface area contributed by atoms with Crippen LogP contribution < -0.4 is 4.74 Å². The Labute approximate surface area is 167 Å². The number of nitrogens with zero attached hydrogens (tertiary/aromatic N) is 2. The smallest absolute Gasteiger partial charge is 0.124 e. The van der Waals surface area contributed by atoms with Crippen molar-refractivity contribution in [2.75, 3.05) is 20.2 Å². The molecule has 1 aromatic carbocycles. The van der Waals surface area contributed by atoms with Crippen molar-refractivity contribution in [2.24, 2.45) is 11.8 Å². The molecule has 1 saturated heterocycles. The minimum absolute atomic E-state index is 0.251. The number of benzene rings is 1. The third-order valence-electron chi connectivity index (χ3n) is 8.37. The highest BCUT2D eigenvalue weighted by Crippen LogP contribution is 2.48. The van der Waals surface area contributed by atoms with E-state index in [1.165, 1.54) is 53.5 Å². The van der Waals surface area contributed by atoms with Crippen molar-refractivity contribution >= 4 is 10.9 Å². The Morgan fingerprint density at radius 1 is 1.18 bits per heavy atom. The quantitative estimate of drug-likeness (QED) is 0.885. The van der Waals surface area contributed by atoms with Crippen molar-refractivity contribution < 1.29 is 9.84 Å². The Balaban J connectivity index is 1.45. The van der Waals surface area contributed by atoms with Gasteiger partial charge in [0.05, 0.1) is 18.2 Å². The molecule has 3 heterocycles. The van der Waals surface area contributed by atoms with Gasteiger partial charge in [0.2, 0.25) is 0 Å². The van der Waals surface area contributed by atoms with Crippen LogP contribution >= 0.6 is 0 Å². The molecule has 2 aliphatic carbocycles. The molecule has 2 aromatic rings. The van der Waals surface area contributed by atoms with Crippen LogP contribution in [0.3, 0.4) is 0 Å². The van der Waals surface area contributed by atoms with E-state index in [2.05, 4.69) is 28.5 Å². The molecule has 0 bridgehead atoms. The van der Waals surface area contributed by atoms with Gasteiger partial charge >= 0.3 is 0 Å². The lowest BCUT2D eigenvalue weighted by molar-refractivity contribution is -0.121. The number of aliphatic hydroxyl groups is 1. The summed E-state index contributed by atoms with van der Waals surface area (Å²) in [6.07, 6.45) is 8.02. The van der Waals surface area contributed by atoms with Gasteiger partial charge in [0.15, 0.2) is 0 Å². The van der Waals surface area contributed by atoms with Crippen LogP contribution in [0.2, 0.25) is 0 Å². The summed E-state index contributed by atoms with van der Waals surface area (Å²) < 4.78 is 8.26. The predicted octanol–water partition coefficient (Wildman–Crippen LogP) is 3.55. The lowest BCUT2D eigenvalue weighted by atomic mass is 9.66. The molecule has 150 valence electrons. The zero-order chi connectivity index (χ0) is 19.0. The van der Waals surface area contributed by atoms with Crippen LogP contribution in [0.25, 0.3) is 10.9 Å². The van der Waals surface area contributed by atoms with E-state index < -0.39 is 5.60 Å². The fraction of sp³-hybridized carbons (Fsp3) is 0.667. The van der Waals surface area contributed by atoms with E-state index in [1.54, 1.807) is 7.11 Å². The van der Waals surface area contributed by atoms with Crippen LogP contribution in [0.4, 0.5) is 0 Å². The second-order valence-electron chi connectivity index (χ2n) is 9.79. The first-order chi connectivity index (χ1) is 13.6. The molecule has 4 aliphatic rings. The fourth-order valence-corrected chi connectivity index (χ4v) is 6.54. The molecule has 28 heavy (non-hydrogen) atoms. The van der Waals surface area contributed by atoms with E-state index in [-0.39, 0.29) is 6.04 Å². The maximum Gasteiger partial charge on any atom is 0.124 e. The Bertz CT molecular complexity index is 944. The second kappa shape index (κ2) is 5.99. The van der Waals surface area contributed by atoms with Crippen LogP contribution in [0.5, 0.6) is 5.75 Å². The van der Waals surface area contributed by atoms with Gasteiger partial charge in [-0.05, 0) is 81.5 Å². The first-order valence-corrected chi connectivity index (χ1v) is 11.3. The van der Waals surface area contributed by atoms with Crippen LogP contribution in [-0.4, -0.2) is 46.4 Å². The van der Waals surface area contributed by atoms with Gasteiger partial charge in [0.25, 0.3) is 0 Å². The van der Waals surface area contributed by atoms with Crippen LogP contribution in [0, 0.1) is 11.8 Å². The Kier molecular flexibility index (Phi) is 3.71. The number of rotatable bonds is 3. The van der Waals surface area contributed by atoms with Gasteiger partial charge in [-0.15, -0.1) is 0 Å². The average Bonchev–Trinajstić information content (AvgIpc) is 3.48. The average molecular weight is 381 g/mol. The number of piperidine rings is 1. The topological polar surface area (TPSA) is 37.6 Å². The maximum absolute atomic E-state index is 12.0. The van der Waals surface area contributed by atoms with Crippen molar-refractivity contribution in [3.63, 3.8) is 0 Å². The van der Waals surface area contributed by atoms with Gasteiger partial charge in [-0.25, -0.2) is 0 Å². The third kappa shape index (κ3) is 2.31. The number of aryl methyl sites for hydroxylation is 2. The van der Waals surface area contributed by atoms with E-state index >= 15 is 0 Å². The lowest BCUT2D eigenvalue weighted by Crippen LogP contribution is -2.63. The largest absolute Gasteiger partial charge is 0.496 e. The molecule has 2 aliphatic heterocycles. The summed E-state index contributed by atoms with van der Waals surface area (Å²) >= 11 is 0. The molecule has 1 N–H and O–H groups in total. The highest BCUT2D eigenvalue weighted by Gasteiger charge is 2.51. The molecule has 2 fully saturated rings. The summed E-state index contributed by atoms with van der Waals surface area (Å²) in [4.78, 5) is 2.59. The monoisotopic (exact) mass is 380 g/mol.